The molecule has 0 spiro atoms. The summed E-state index contributed by atoms with van der Waals surface area (Å²) in [6.07, 6.45) is 0. The first kappa shape index (κ1) is 21.0. The lowest BCUT2D eigenvalue weighted by atomic mass is 10.1. The van der Waals surface area contributed by atoms with Crippen LogP contribution in [0.25, 0.3) is 21.7 Å². The minimum atomic E-state index is -0.299. The number of hydrogen-bond donors (Lipinski definition) is 0. The number of halogens is 2. The number of thiazole rings is 1. The van der Waals surface area contributed by atoms with E-state index in [1.807, 2.05) is 36.4 Å². The van der Waals surface area contributed by atoms with Crippen molar-refractivity contribution in [2.24, 2.45) is 0 Å². The molecule has 162 valence electrons. The quantitative estimate of drug-likeness (QED) is 0.258. The summed E-state index contributed by atoms with van der Waals surface area (Å²) in [4.78, 5) is 8.08. The Hall–Kier alpha value is -3.83. The van der Waals surface area contributed by atoms with Crippen molar-refractivity contribution in [2.45, 2.75) is 6.54 Å². The summed E-state index contributed by atoms with van der Waals surface area (Å²) in [5, 5.41) is 0.809. The average molecular weight is 455 g/mol. The summed E-state index contributed by atoms with van der Waals surface area (Å²) in [6, 6.07) is 33.0. The molecule has 0 amide bonds. The number of rotatable bonds is 6. The zero-order valence-corrected chi connectivity index (χ0v) is 18.5. The SMILES string of the molecule is Fc1ccc(-c2nc(N(Cc3ccccc3)c3ccccc3)sc2-c2ccc(F)cc2)cc1. The average Bonchev–Trinajstić information content (AvgIpc) is 3.30. The van der Waals surface area contributed by atoms with Crippen LogP contribution >= 0.6 is 11.3 Å². The fourth-order valence-electron chi connectivity index (χ4n) is 3.67. The Morgan fingerprint density at radius 3 is 1.79 bits per heavy atom. The summed E-state index contributed by atoms with van der Waals surface area (Å²) < 4.78 is 27.2. The molecule has 0 radical (unpaired) electrons. The van der Waals surface area contributed by atoms with Gasteiger partial charge in [-0.1, -0.05) is 72.0 Å². The Balaban J connectivity index is 1.65. The van der Waals surface area contributed by atoms with Gasteiger partial charge in [-0.15, -0.1) is 0 Å². The van der Waals surface area contributed by atoms with Crippen LogP contribution in [-0.4, -0.2) is 4.98 Å². The van der Waals surface area contributed by atoms with Crippen molar-refractivity contribution in [3.8, 4) is 21.7 Å². The van der Waals surface area contributed by atoms with Gasteiger partial charge in [0.05, 0.1) is 17.1 Å². The molecule has 0 aliphatic rings. The van der Waals surface area contributed by atoms with Gasteiger partial charge in [0.2, 0.25) is 0 Å². The first-order valence-corrected chi connectivity index (χ1v) is 11.4. The molecule has 33 heavy (non-hydrogen) atoms. The van der Waals surface area contributed by atoms with Crippen molar-refractivity contribution < 1.29 is 8.78 Å². The van der Waals surface area contributed by atoms with E-state index >= 15 is 0 Å². The molecule has 0 fully saturated rings. The van der Waals surface area contributed by atoms with E-state index in [1.165, 1.54) is 35.6 Å². The summed E-state index contributed by atoms with van der Waals surface area (Å²) in [5.74, 6) is -0.589. The molecule has 2 nitrogen and oxygen atoms in total. The van der Waals surface area contributed by atoms with Crippen LogP contribution in [0.4, 0.5) is 19.6 Å². The predicted molar refractivity (Wildman–Crippen MR) is 132 cm³/mol. The molecule has 0 unspecified atom stereocenters. The molecule has 0 saturated carbocycles. The van der Waals surface area contributed by atoms with Gasteiger partial charge in [0, 0.05) is 11.3 Å². The Kier molecular flexibility index (Phi) is 5.96. The summed E-state index contributed by atoms with van der Waals surface area (Å²) in [7, 11) is 0. The second kappa shape index (κ2) is 9.35. The molecule has 0 saturated heterocycles. The van der Waals surface area contributed by atoms with Gasteiger partial charge < -0.3 is 4.90 Å². The summed E-state index contributed by atoms with van der Waals surface area (Å²) >= 11 is 1.54. The standard InChI is InChI=1S/C28H20F2N2S/c29-23-15-11-21(12-16-23)26-27(22-13-17-24(30)18-14-22)33-28(31-26)32(25-9-5-2-6-10-25)19-20-7-3-1-4-8-20/h1-18H,19H2. The van der Waals surface area contributed by atoms with Crippen molar-refractivity contribution in [1.29, 1.82) is 0 Å². The second-order valence-electron chi connectivity index (χ2n) is 7.60. The molecule has 0 aliphatic carbocycles. The number of anilines is 2. The third-order valence-electron chi connectivity index (χ3n) is 5.32. The topological polar surface area (TPSA) is 16.1 Å². The highest BCUT2D eigenvalue weighted by atomic mass is 32.1. The maximum absolute atomic E-state index is 13.6. The number of aromatic nitrogens is 1. The largest absolute Gasteiger partial charge is 0.313 e. The summed E-state index contributed by atoms with van der Waals surface area (Å²) in [5.41, 5.74) is 4.60. The molecule has 0 atom stereocenters. The Bertz CT molecular complexity index is 1270. The minimum absolute atomic E-state index is 0.290. The first-order valence-electron chi connectivity index (χ1n) is 10.6. The predicted octanol–water partition coefficient (Wildman–Crippen LogP) is 8.09. The van der Waals surface area contributed by atoms with E-state index in [4.69, 9.17) is 4.98 Å². The van der Waals surface area contributed by atoms with E-state index in [-0.39, 0.29) is 11.6 Å². The highest BCUT2D eigenvalue weighted by molar-refractivity contribution is 7.19. The van der Waals surface area contributed by atoms with Gasteiger partial charge in [-0.3, -0.25) is 0 Å². The van der Waals surface area contributed by atoms with Crippen LogP contribution < -0.4 is 4.90 Å². The molecule has 4 aromatic carbocycles. The van der Waals surface area contributed by atoms with Gasteiger partial charge in [-0.05, 0) is 59.7 Å². The van der Waals surface area contributed by atoms with E-state index < -0.39 is 0 Å². The summed E-state index contributed by atoms with van der Waals surface area (Å²) in [6.45, 7) is 0.643. The van der Waals surface area contributed by atoms with E-state index in [0.29, 0.717) is 6.54 Å². The molecule has 5 heteroatoms. The van der Waals surface area contributed by atoms with Gasteiger partial charge in [0.1, 0.15) is 11.6 Å². The van der Waals surface area contributed by atoms with Crippen LogP contribution in [0.3, 0.4) is 0 Å². The van der Waals surface area contributed by atoms with Gasteiger partial charge in [0.25, 0.3) is 0 Å². The zero-order valence-electron chi connectivity index (χ0n) is 17.7. The van der Waals surface area contributed by atoms with Crippen LogP contribution in [0.15, 0.2) is 109 Å². The molecule has 5 rings (SSSR count). The van der Waals surface area contributed by atoms with Crippen molar-refractivity contribution in [3.05, 3.63) is 126 Å². The van der Waals surface area contributed by atoms with Crippen LogP contribution in [0.1, 0.15) is 5.56 Å². The van der Waals surface area contributed by atoms with Crippen LogP contribution in [0.2, 0.25) is 0 Å². The van der Waals surface area contributed by atoms with Gasteiger partial charge in [-0.25, -0.2) is 13.8 Å². The lowest BCUT2D eigenvalue weighted by Crippen LogP contribution is -2.16. The van der Waals surface area contributed by atoms with Crippen LogP contribution in [-0.2, 0) is 6.54 Å². The van der Waals surface area contributed by atoms with Crippen molar-refractivity contribution >= 4 is 22.2 Å². The normalized spacial score (nSPS) is 10.8. The number of hydrogen-bond acceptors (Lipinski definition) is 3. The molecule has 0 bridgehead atoms. The highest BCUT2D eigenvalue weighted by Crippen LogP contribution is 2.42. The fourth-order valence-corrected chi connectivity index (χ4v) is 4.78. The molecule has 0 aliphatic heterocycles. The van der Waals surface area contributed by atoms with Gasteiger partial charge in [-0.2, -0.15) is 0 Å². The second-order valence-corrected chi connectivity index (χ2v) is 8.57. The van der Waals surface area contributed by atoms with Crippen molar-refractivity contribution in [3.63, 3.8) is 0 Å². The first-order chi connectivity index (χ1) is 16.2. The highest BCUT2D eigenvalue weighted by Gasteiger charge is 2.20. The molecule has 1 heterocycles. The van der Waals surface area contributed by atoms with Crippen LogP contribution in [0.5, 0.6) is 0 Å². The van der Waals surface area contributed by atoms with Crippen molar-refractivity contribution in [2.75, 3.05) is 4.90 Å². The lowest BCUT2D eigenvalue weighted by molar-refractivity contribution is 0.627. The smallest absolute Gasteiger partial charge is 0.191 e. The minimum Gasteiger partial charge on any atom is -0.313 e. The van der Waals surface area contributed by atoms with Gasteiger partial charge in [0.15, 0.2) is 5.13 Å². The third-order valence-corrected chi connectivity index (χ3v) is 6.45. The van der Waals surface area contributed by atoms with E-state index in [1.54, 1.807) is 24.3 Å². The maximum atomic E-state index is 13.6. The fraction of sp³-hybridized carbons (Fsp3) is 0.0357. The van der Waals surface area contributed by atoms with E-state index in [9.17, 15) is 8.78 Å². The van der Waals surface area contributed by atoms with Crippen LogP contribution in [0, 0.1) is 11.6 Å². The molecular formula is C28H20F2N2S. The number of nitrogens with zero attached hydrogens (tertiary/aromatic N) is 2. The lowest BCUT2D eigenvalue weighted by Gasteiger charge is -2.22. The van der Waals surface area contributed by atoms with E-state index in [2.05, 4.69) is 29.2 Å². The Morgan fingerprint density at radius 1 is 0.636 bits per heavy atom. The Morgan fingerprint density at radius 2 is 1.18 bits per heavy atom. The molecular weight excluding hydrogens is 434 g/mol. The molecule has 5 aromatic rings. The number of benzene rings is 4. The maximum Gasteiger partial charge on any atom is 0.191 e. The number of para-hydroxylation sites is 1. The molecule has 0 N–H and O–H groups in total. The van der Waals surface area contributed by atoms with Crippen molar-refractivity contribution in [1.82, 2.24) is 4.98 Å². The third kappa shape index (κ3) is 4.69. The zero-order chi connectivity index (χ0) is 22.6. The molecule has 1 aromatic heterocycles. The van der Waals surface area contributed by atoms with E-state index in [0.717, 1.165) is 38.1 Å². The van der Waals surface area contributed by atoms with Gasteiger partial charge >= 0.3 is 0 Å². The monoisotopic (exact) mass is 454 g/mol. The Labute approximate surface area is 195 Å².